The van der Waals surface area contributed by atoms with Crippen molar-refractivity contribution in [2.24, 2.45) is 11.1 Å². The molecule has 0 spiro atoms. The van der Waals surface area contributed by atoms with Crippen LogP contribution in [0, 0.1) is 5.41 Å². The Balaban J connectivity index is 1.99. The minimum absolute atomic E-state index is 0.112. The summed E-state index contributed by atoms with van der Waals surface area (Å²) >= 11 is 0. The quantitative estimate of drug-likeness (QED) is 0.449. The summed E-state index contributed by atoms with van der Waals surface area (Å²) in [5.74, 6) is -0.548. The van der Waals surface area contributed by atoms with Crippen LogP contribution in [0.15, 0.2) is 30.3 Å². The Morgan fingerprint density at radius 3 is 2.41 bits per heavy atom. The van der Waals surface area contributed by atoms with Gasteiger partial charge in [-0.1, -0.05) is 51.1 Å². The van der Waals surface area contributed by atoms with E-state index in [2.05, 4.69) is 16.0 Å². The van der Waals surface area contributed by atoms with Gasteiger partial charge in [0.05, 0.1) is 12.1 Å². The average Bonchev–Trinajstić information content (AvgIpc) is 3.23. The zero-order valence-corrected chi connectivity index (χ0v) is 20.0. The number of hydrogen-bond acceptors (Lipinski definition) is 5. The van der Waals surface area contributed by atoms with Crippen molar-refractivity contribution in [3.05, 3.63) is 35.9 Å². The lowest BCUT2D eigenvalue weighted by Gasteiger charge is -2.36. The van der Waals surface area contributed by atoms with E-state index in [4.69, 9.17) is 5.73 Å². The number of nitrogens with zero attached hydrogens (tertiary/aromatic N) is 1. The summed E-state index contributed by atoms with van der Waals surface area (Å²) in [5, 5.41) is 8.74. The summed E-state index contributed by atoms with van der Waals surface area (Å²) < 4.78 is 0. The molecule has 0 radical (unpaired) electrons. The van der Waals surface area contributed by atoms with Crippen LogP contribution >= 0.6 is 0 Å². The SMILES string of the molecule is CN[C@@H](C)C(=O)N[C@H](C(=O)N1CCC[C@H]1CNC(=O)[C@H](N)Cc1ccccc1)C(C)(C)C. The van der Waals surface area contributed by atoms with E-state index in [0.717, 1.165) is 18.4 Å². The first-order chi connectivity index (χ1) is 15.0. The second-order valence-corrected chi connectivity index (χ2v) is 9.69. The summed E-state index contributed by atoms with van der Waals surface area (Å²) in [6.45, 7) is 8.54. The zero-order chi connectivity index (χ0) is 23.9. The van der Waals surface area contributed by atoms with Gasteiger partial charge in [-0.15, -0.1) is 0 Å². The number of benzene rings is 1. The van der Waals surface area contributed by atoms with E-state index in [9.17, 15) is 14.4 Å². The highest BCUT2D eigenvalue weighted by molar-refractivity contribution is 5.90. The highest BCUT2D eigenvalue weighted by Gasteiger charge is 2.40. The van der Waals surface area contributed by atoms with Crippen LogP contribution in [-0.2, 0) is 20.8 Å². The molecule has 1 fully saturated rings. The number of hydrogen-bond donors (Lipinski definition) is 4. The van der Waals surface area contributed by atoms with Crippen LogP contribution in [0.4, 0.5) is 0 Å². The third-order valence-corrected chi connectivity index (χ3v) is 6.03. The molecule has 178 valence electrons. The molecule has 5 N–H and O–H groups in total. The second-order valence-electron chi connectivity index (χ2n) is 9.69. The van der Waals surface area contributed by atoms with E-state index >= 15 is 0 Å². The number of amides is 3. The van der Waals surface area contributed by atoms with Gasteiger partial charge < -0.3 is 26.6 Å². The largest absolute Gasteiger partial charge is 0.353 e. The molecule has 32 heavy (non-hydrogen) atoms. The lowest BCUT2D eigenvalue weighted by Crippen LogP contribution is -2.59. The average molecular weight is 446 g/mol. The van der Waals surface area contributed by atoms with Gasteiger partial charge in [0.2, 0.25) is 17.7 Å². The molecule has 0 saturated carbocycles. The van der Waals surface area contributed by atoms with Crippen LogP contribution in [0.5, 0.6) is 0 Å². The Morgan fingerprint density at radius 2 is 1.81 bits per heavy atom. The maximum atomic E-state index is 13.4. The highest BCUT2D eigenvalue weighted by Crippen LogP contribution is 2.25. The Bertz CT molecular complexity index is 778. The van der Waals surface area contributed by atoms with Gasteiger partial charge in [-0.05, 0) is 44.2 Å². The maximum Gasteiger partial charge on any atom is 0.246 e. The van der Waals surface area contributed by atoms with E-state index in [1.165, 1.54) is 0 Å². The summed E-state index contributed by atoms with van der Waals surface area (Å²) in [5.41, 5.74) is 6.64. The molecule has 8 heteroatoms. The van der Waals surface area contributed by atoms with Crippen LogP contribution in [0.2, 0.25) is 0 Å². The van der Waals surface area contributed by atoms with Crippen LogP contribution in [0.1, 0.15) is 46.1 Å². The molecule has 2 rings (SSSR count). The van der Waals surface area contributed by atoms with Crippen molar-refractivity contribution >= 4 is 17.7 Å². The van der Waals surface area contributed by atoms with Crippen LogP contribution in [0.3, 0.4) is 0 Å². The monoisotopic (exact) mass is 445 g/mol. The van der Waals surface area contributed by atoms with Crippen LogP contribution < -0.4 is 21.7 Å². The highest BCUT2D eigenvalue weighted by atomic mass is 16.2. The first kappa shape index (κ1) is 25.8. The third-order valence-electron chi connectivity index (χ3n) is 6.03. The fraction of sp³-hybridized carbons (Fsp3) is 0.625. The molecule has 4 atom stereocenters. The second kappa shape index (κ2) is 11.4. The molecule has 0 unspecified atom stereocenters. The van der Waals surface area contributed by atoms with Crippen molar-refractivity contribution in [3.8, 4) is 0 Å². The first-order valence-electron chi connectivity index (χ1n) is 11.4. The zero-order valence-electron chi connectivity index (χ0n) is 20.0. The standard InChI is InChI=1S/C24H39N5O3/c1-16(26-5)21(30)28-20(24(2,3)4)23(32)29-13-9-12-18(29)15-27-22(31)19(25)14-17-10-7-6-8-11-17/h6-8,10-11,16,18-20,26H,9,12-15,25H2,1-5H3,(H,27,31)(H,28,30)/t16-,18-,19+,20+/m0/s1. The Kier molecular flexibility index (Phi) is 9.21. The molecule has 1 heterocycles. The number of carbonyl (C=O) groups is 3. The molecule has 1 aliphatic heterocycles. The van der Waals surface area contributed by atoms with Gasteiger partial charge in [-0.2, -0.15) is 0 Å². The number of carbonyl (C=O) groups excluding carboxylic acids is 3. The van der Waals surface area contributed by atoms with Gasteiger partial charge in [-0.25, -0.2) is 0 Å². The lowest BCUT2D eigenvalue weighted by molar-refractivity contribution is -0.140. The van der Waals surface area contributed by atoms with E-state index in [0.29, 0.717) is 19.5 Å². The summed E-state index contributed by atoms with van der Waals surface area (Å²) in [7, 11) is 1.71. The fourth-order valence-electron chi connectivity index (χ4n) is 3.86. The third kappa shape index (κ3) is 7.03. The van der Waals surface area contributed by atoms with E-state index in [1.807, 2.05) is 51.1 Å². The van der Waals surface area contributed by atoms with Gasteiger partial charge in [0.15, 0.2) is 0 Å². The van der Waals surface area contributed by atoms with Crippen molar-refractivity contribution in [2.45, 2.75) is 71.1 Å². The van der Waals surface area contributed by atoms with E-state index in [1.54, 1.807) is 18.9 Å². The molecule has 1 aromatic rings. The molecular weight excluding hydrogens is 406 g/mol. The Morgan fingerprint density at radius 1 is 1.16 bits per heavy atom. The molecule has 3 amide bonds. The van der Waals surface area contributed by atoms with E-state index < -0.39 is 23.5 Å². The van der Waals surface area contributed by atoms with Crippen molar-refractivity contribution in [3.63, 3.8) is 0 Å². The smallest absolute Gasteiger partial charge is 0.246 e. The fourth-order valence-corrected chi connectivity index (χ4v) is 3.86. The van der Waals surface area contributed by atoms with Gasteiger partial charge in [0.25, 0.3) is 0 Å². The molecule has 1 aromatic carbocycles. The summed E-state index contributed by atoms with van der Waals surface area (Å²) in [6.07, 6.45) is 2.12. The van der Waals surface area contributed by atoms with Crippen LogP contribution in [0.25, 0.3) is 0 Å². The van der Waals surface area contributed by atoms with Gasteiger partial charge in [0, 0.05) is 19.1 Å². The number of nitrogens with two attached hydrogens (primary N) is 1. The molecule has 1 saturated heterocycles. The first-order valence-corrected chi connectivity index (χ1v) is 11.4. The predicted octanol–water partition coefficient (Wildman–Crippen LogP) is 0.802. The predicted molar refractivity (Wildman–Crippen MR) is 126 cm³/mol. The molecule has 1 aliphatic rings. The van der Waals surface area contributed by atoms with Crippen molar-refractivity contribution in [1.29, 1.82) is 0 Å². The maximum absolute atomic E-state index is 13.4. The summed E-state index contributed by atoms with van der Waals surface area (Å²) in [4.78, 5) is 40.2. The van der Waals surface area contributed by atoms with Crippen molar-refractivity contribution in [1.82, 2.24) is 20.9 Å². The number of likely N-dealkylation sites (tertiary alicyclic amines) is 1. The van der Waals surface area contributed by atoms with Crippen molar-refractivity contribution < 1.29 is 14.4 Å². The molecule has 0 aliphatic carbocycles. The summed E-state index contributed by atoms with van der Waals surface area (Å²) in [6, 6.07) is 7.85. The van der Waals surface area contributed by atoms with Crippen LogP contribution in [-0.4, -0.2) is 66.9 Å². The Labute approximate surface area is 191 Å². The normalized spacial score (nSPS) is 19.2. The van der Waals surface area contributed by atoms with Gasteiger partial charge in [-0.3, -0.25) is 14.4 Å². The van der Waals surface area contributed by atoms with Crippen molar-refractivity contribution in [2.75, 3.05) is 20.1 Å². The number of nitrogens with one attached hydrogen (secondary N) is 3. The van der Waals surface area contributed by atoms with Gasteiger partial charge >= 0.3 is 0 Å². The topological polar surface area (TPSA) is 117 Å². The van der Waals surface area contributed by atoms with E-state index in [-0.39, 0.29) is 23.8 Å². The molecule has 8 nitrogen and oxygen atoms in total. The van der Waals surface area contributed by atoms with Gasteiger partial charge in [0.1, 0.15) is 6.04 Å². The number of rotatable bonds is 9. The molecular formula is C24H39N5O3. The number of likely N-dealkylation sites (N-methyl/N-ethyl adjacent to an activating group) is 1. The minimum Gasteiger partial charge on any atom is -0.353 e. The molecule has 0 bridgehead atoms. The Hall–Kier alpha value is -2.45. The lowest BCUT2D eigenvalue weighted by atomic mass is 9.85. The minimum atomic E-state index is -0.651. The molecule has 0 aromatic heterocycles.